The molecule has 1 fully saturated rings. The lowest BCUT2D eigenvalue weighted by Gasteiger charge is -2.19. The van der Waals surface area contributed by atoms with Crippen LogP contribution in [0.4, 0.5) is 13.2 Å². The van der Waals surface area contributed by atoms with Crippen LogP contribution < -0.4 is 10.1 Å². The maximum atomic E-state index is 12.0. The van der Waals surface area contributed by atoms with E-state index in [-0.39, 0.29) is 24.3 Å². The number of aliphatic hydroxyl groups is 1. The number of rotatable bonds is 5. The van der Waals surface area contributed by atoms with Crippen LogP contribution in [0.2, 0.25) is 0 Å². The summed E-state index contributed by atoms with van der Waals surface area (Å²) < 4.78 is 39.9. The summed E-state index contributed by atoms with van der Waals surface area (Å²) in [6.45, 7) is 0.753. The molecule has 0 aliphatic heterocycles. The Balaban J connectivity index is 1.85. The molecule has 6 heteroatoms. The molecule has 0 bridgehead atoms. The van der Waals surface area contributed by atoms with Gasteiger partial charge >= 0.3 is 6.36 Å². The Bertz CT molecular complexity index is 419. The van der Waals surface area contributed by atoms with Crippen LogP contribution in [-0.4, -0.2) is 24.1 Å². The van der Waals surface area contributed by atoms with Crippen molar-refractivity contribution in [2.45, 2.75) is 38.2 Å². The fourth-order valence-electron chi connectivity index (χ4n) is 2.58. The zero-order chi connectivity index (χ0) is 14.6. The third kappa shape index (κ3) is 4.38. The van der Waals surface area contributed by atoms with Crippen LogP contribution in [0.15, 0.2) is 24.3 Å². The van der Waals surface area contributed by atoms with E-state index in [2.05, 4.69) is 10.1 Å². The lowest BCUT2D eigenvalue weighted by Crippen LogP contribution is -2.33. The summed E-state index contributed by atoms with van der Waals surface area (Å²) in [6.07, 6.45) is -1.51. The third-order valence-corrected chi connectivity index (χ3v) is 3.62. The second-order valence-electron chi connectivity index (χ2n) is 5.05. The van der Waals surface area contributed by atoms with E-state index in [1.807, 2.05) is 0 Å². The number of halogens is 3. The van der Waals surface area contributed by atoms with Gasteiger partial charge in [-0.05, 0) is 36.5 Å². The highest BCUT2D eigenvalue weighted by atomic mass is 19.4. The summed E-state index contributed by atoms with van der Waals surface area (Å²) in [6, 6.07) is 6.12. The fourth-order valence-corrected chi connectivity index (χ4v) is 2.58. The Morgan fingerprint density at radius 1 is 1.20 bits per heavy atom. The minimum Gasteiger partial charge on any atom is -0.406 e. The molecule has 0 heterocycles. The van der Waals surface area contributed by atoms with E-state index in [1.54, 1.807) is 12.1 Å². The highest BCUT2D eigenvalue weighted by Gasteiger charge is 2.31. The van der Waals surface area contributed by atoms with Crippen LogP contribution in [0.3, 0.4) is 0 Å². The molecule has 1 saturated carbocycles. The number of ether oxygens (including phenoxy) is 1. The second-order valence-corrected chi connectivity index (χ2v) is 5.05. The van der Waals surface area contributed by atoms with Crippen molar-refractivity contribution in [3.63, 3.8) is 0 Å². The Hall–Kier alpha value is -1.27. The van der Waals surface area contributed by atoms with Crippen molar-refractivity contribution in [3.05, 3.63) is 29.8 Å². The lowest BCUT2D eigenvalue weighted by atomic mass is 10.0. The van der Waals surface area contributed by atoms with Gasteiger partial charge in [-0.25, -0.2) is 0 Å². The third-order valence-electron chi connectivity index (χ3n) is 3.62. The standard InChI is InChI=1S/C14H18F3NO2/c15-14(16,17)20-12-6-4-10(5-7-12)8-18-13-3-1-2-11(13)9-19/h4-7,11,13,18-19H,1-3,8-9H2. The first kappa shape index (κ1) is 15.1. The van der Waals surface area contributed by atoms with Gasteiger partial charge in [0.2, 0.25) is 0 Å². The Morgan fingerprint density at radius 3 is 2.50 bits per heavy atom. The highest BCUT2D eigenvalue weighted by molar-refractivity contribution is 5.27. The average Bonchev–Trinajstić information content (AvgIpc) is 2.83. The molecule has 1 aromatic rings. The van der Waals surface area contributed by atoms with Crippen molar-refractivity contribution >= 4 is 0 Å². The zero-order valence-electron chi connectivity index (χ0n) is 11.0. The maximum absolute atomic E-state index is 12.0. The van der Waals surface area contributed by atoms with Crippen LogP contribution in [0.5, 0.6) is 5.75 Å². The zero-order valence-corrected chi connectivity index (χ0v) is 11.0. The van der Waals surface area contributed by atoms with Crippen LogP contribution in [-0.2, 0) is 6.54 Å². The lowest BCUT2D eigenvalue weighted by molar-refractivity contribution is -0.274. The van der Waals surface area contributed by atoms with Crippen molar-refractivity contribution in [2.75, 3.05) is 6.61 Å². The topological polar surface area (TPSA) is 41.5 Å². The molecule has 2 atom stereocenters. The molecular weight excluding hydrogens is 271 g/mol. The van der Waals surface area contributed by atoms with Crippen molar-refractivity contribution < 1.29 is 23.0 Å². The fraction of sp³-hybridized carbons (Fsp3) is 0.571. The van der Waals surface area contributed by atoms with Crippen LogP contribution in [0.1, 0.15) is 24.8 Å². The molecule has 1 aromatic carbocycles. The van der Waals surface area contributed by atoms with Crippen LogP contribution in [0.25, 0.3) is 0 Å². The van der Waals surface area contributed by atoms with Gasteiger partial charge in [0.05, 0.1) is 0 Å². The Labute approximate surface area is 115 Å². The smallest absolute Gasteiger partial charge is 0.406 e. The molecule has 0 spiro atoms. The van der Waals surface area contributed by atoms with Crippen molar-refractivity contribution in [2.24, 2.45) is 5.92 Å². The number of hydrogen-bond donors (Lipinski definition) is 2. The maximum Gasteiger partial charge on any atom is 0.573 e. The summed E-state index contributed by atoms with van der Waals surface area (Å²) in [5.74, 6) is 0.0678. The van der Waals surface area contributed by atoms with Crippen LogP contribution >= 0.6 is 0 Å². The molecule has 0 radical (unpaired) electrons. The highest BCUT2D eigenvalue weighted by Crippen LogP contribution is 2.26. The van der Waals surface area contributed by atoms with Crippen LogP contribution in [0, 0.1) is 5.92 Å². The first-order valence-electron chi connectivity index (χ1n) is 6.67. The molecular formula is C14H18F3NO2. The van der Waals surface area contributed by atoms with E-state index in [0.717, 1.165) is 24.8 Å². The minimum absolute atomic E-state index is 0.177. The summed E-state index contributed by atoms with van der Waals surface area (Å²) in [5, 5.41) is 12.6. The van der Waals surface area contributed by atoms with E-state index < -0.39 is 6.36 Å². The number of benzene rings is 1. The summed E-state index contributed by atoms with van der Waals surface area (Å²) in [5.41, 5.74) is 0.892. The predicted molar refractivity (Wildman–Crippen MR) is 68.2 cm³/mol. The first-order valence-corrected chi connectivity index (χ1v) is 6.67. The second kappa shape index (κ2) is 6.45. The number of aliphatic hydroxyl groups excluding tert-OH is 1. The molecule has 0 amide bonds. The average molecular weight is 289 g/mol. The molecule has 1 aliphatic rings. The minimum atomic E-state index is -4.65. The van der Waals surface area contributed by atoms with Crippen molar-refractivity contribution in [3.8, 4) is 5.75 Å². The number of alkyl halides is 3. The van der Waals surface area contributed by atoms with Gasteiger partial charge in [0.15, 0.2) is 0 Å². The molecule has 2 rings (SSSR count). The molecule has 1 aliphatic carbocycles. The van der Waals surface area contributed by atoms with Gasteiger partial charge in [-0.15, -0.1) is 13.2 Å². The van der Waals surface area contributed by atoms with Crippen molar-refractivity contribution in [1.29, 1.82) is 0 Å². The number of hydrogen-bond acceptors (Lipinski definition) is 3. The molecule has 2 N–H and O–H groups in total. The molecule has 0 saturated heterocycles. The molecule has 0 aromatic heterocycles. The van der Waals surface area contributed by atoms with Gasteiger partial charge in [-0.2, -0.15) is 0 Å². The normalized spacial score (nSPS) is 23.0. The van der Waals surface area contributed by atoms with E-state index in [0.29, 0.717) is 6.54 Å². The van der Waals surface area contributed by atoms with Gasteiger partial charge in [-0.3, -0.25) is 0 Å². The Morgan fingerprint density at radius 2 is 1.90 bits per heavy atom. The monoisotopic (exact) mass is 289 g/mol. The molecule has 3 nitrogen and oxygen atoms in total. The summed E-state index contributed by atoms with van der Waals surface area (Å²) >= 11 is 0. The van der Waals surface area contributed by atoms with E-state index in [1.165, 1.54) is 12.1 Å². The quantitative estimate of drug-likeness (QED) is 0.876. The molecule has 112 valence electrons. The Kier molecular flexibility index (Phi) is 4.88. The molecule has 20 heavy (non-hydrogen) atoms. The van der Waals surface area contributed by atoms with Gasteiger partial charge in [-0.1, -0.05) is 18.6 Å². The summed E-state index contributed by atoms with van der Waals surface area (Å²) in [4.78, 5) is 0. The molecule has 2 unspecified atom stereocenters. The largest absolute Gasteiger partial charge is 0.573 e. The predicted octanol–water partition coefficient (Wildman–Crippen LogP) is 2.84. The van der Waals surface area contributed by atoms with Gasteiger partial charge in [0, 0.05) is 19.2 Å². The first-order chi connectivity index (χ1) is 9.48. The number of nitrogens with one attached hydrogen (secondary N) is 1. The van der Waals surface area contributed by atoms with Crippen molar-refractivity contribution in [1.82, 2.24) is 5.32 Å². The van der Waals surface area contributed by atoms with E-state index in [4.69, 9.17) is 0 Å². The van der Waals surface area contributed by atoms with Gasteiger partial charge in [0.1, 0.15) is 5.75 Å². The SMILES string of the molecule is OCC1CCCC1NCc1ccc(OC(F)(F)F)cc1. The summed E-state index contributed by atoms with van der Waals surface area (Å²) in [7, 11) is 0. The van der Waals surface area contributed by atoms with Gasteiger partial charge in [0.25, 0.3) is 0 Å². The van der Waals surface area contributed by atoms with E-state index >= 15 is 0 Å². The van der Waals surface area contributed by atoms with E-state index in [9.17, 15) is 18.3 Å². The van der Waals surface area contributed by atoms with Gasteiger partial charge < -0.3 is 15.2 Å².